The number of amides is 1. The first-order valence-corrected chi connectivity index (χ1v) is 10.6. The van der Waals surface area contributed by atoms with Crippen molar-refractivity contribution in [1.82, 2.24) is 10.6 Å². The van der Waals surface area contributed by atoms with Crippen molar-refractivity contribution in [2.45, 2.75) is 38.7 Å². The minimum Gasteiger partial charge on any atom is -0.487 e. The van der Waals surface area contributed by atoms with Gasteiger partial charge in [0.2, 0.25) is 5.91 Å². The summed E-state index contributed by atoms with van der Waals surface area (Å²) >= 11 is 0. The van der Waals surface area contributed by atoms with Crippen molar-refractivity contribution in [3.05, 3.63) is 53.3 Å². The zero-order valence-electron chi connectivity index (χ0n) is 18.8. The lowest BCUT2D eigenvalue weighted by molar-refractivity contribution is -0.119. The predicted molar refractivity (Wildman–Crippen MR) is 120 cm³/mol. The van der Waals surface area contributed by atoms with Gasteiger partial charge in [0, 0.05) is 20.2 Å². The fourth-order valence-corrected chi connectivity index (χ4v) is 3.19. The molecule has 1 amide bonds. The second kappa shape index (κ2) is 12.9. The molecule has 2 N–H and O–H groups in total. The summed E-state index contributed by atoms with van der Waals surface area (Å²) in [5.74, 6) is 0.839. The van der Waals surface area contributed by atoms with E-state index in [2.05, 4.69) is 17.6 Å². The van der Waals surface area contributed by atoms with Crippen LogP contribution in [0.1, 0.15) is 30.9 Å². The molecule has 6 nitrogen and oxygen atoms in total. The largest absolute Gasteiger partial charge is 0.487 e. The Balaban J connectivity index is 2.42. The van der Waals surface area contributed by atoms with Crippen molar-refractivity contribution in [3.63, 3.8) is 0 Å². The van der Waals surface area contributed by atoms with E-state index >= 15 is 0 Å². The van der Waals surface area contributed by atoms with E-state index in [1.165, 1.54) is 12.1 Å². The molecule has 1 unspecified atom stereocenters. The molecule has 2 aromatic rings. The average molecular weight is 433 g/mol. The zero-order chi connectivity index (χ0) is 22.6. The number of nitrogens with one attached hydrogen (secondary N) is 2. The second-order valence-electron chi connectivity index (χ2n) is 7.29. The van der Waals surface area contributed by atoms with Gasteiger partial charge in [-0.15, -0.1) is 0 Å². The Morgan fingerprint density at radius 1 is 1.13 bits per heavy atom. The second-order valence-corrected chi connectivity index (χ2v) is 7.29. The van der Waals surface area contributed by atoms with E-state index in [9.17, 15) is 9.18 Å². The molecule has 0 heterocycles. The number of rotatable bonds is 13. The molecule has 31 heavy (non-hydrogen) atoms. The van der Waals surface area contributed by atoms with Crippen LogP contribution in [0.5, 0.6) is 17.2 Å². The third kappa shape index (κ3) is 7.84. The molecule has 0 aliphatic heterocycles. The third-order valence-corrected chi connectivity index (χ3v) is 4.93. The fourth-order valence-electron chi connectivity index (χ4n) is 3.19. The number of carbonyl (C=O) groups excluding carboxylic acids is 1. The fraction of sp³-hybridized carbons (Fsp3) is 0.458. The molecule has 0 aliphatic carbocycles. The molecule has 0 bridgehead atoms. The van der Waals surface area contributed by atoms with Crippen molar-refractivity contribution in [2.75, 3.05) is 34.4 Å². The number of methoxy groups -OCH3 is 1. The van der Waals surface area contributed by atoms with Gasteiger partial charge in [0.25, 0.3) is 0 Å². The summed E-state index contributed by atoms with van der Waals surface area (Å²) in [7, 11) is 5.15. The standard InChI is InChI=1S/C24H33FN2O4/c1-5-7-21(29-4)16-30-22-12-17(10-11-26-2)18(14-24(28)27-3)13-23(22)31-20-9-6-8-19(25)15-20/h6,8-9,12-13,15,21,26H,5,7,10-11,14,16H2,1-4H3,(H,27,28). The Labute approximate surface area is 184 Å². The van der Waals surface area contributed by atoms with E-state index in [4.69, 9.17) is 14.2 Å². The van der Waals surface area contributed by atoms with Gasteiger partial charge >= 0.3 is 0 Å². The number of ether oxygens (including phenoxy) is 3. The molecule has 0 saturated carbocycles. The lowest BCUT2D eigenvalue weighted by Gasteiger charge is -2.20. The Hall–Kier alpha value is -2.64. The van der Waals surface area contributed by atoms with Crippen LogP contribution in [0, 0.1) is 5.82 Å². The topological polar surface area (TPSA) is 68.8 Å². The summed E-state index contributed by atoms with van der Waals surface area (Å²) < 4.78 is 31.2. The molecule has 0 radical (unpaired) electrons. The molecule has 2 aromatic carbocycles. The molecule has 0 fully saturated rings. The van der Waals surface area contributed by atoms with Crippen LogP contribution in [0.15, 0.2) is 36.4 Å². The van der Waals surface area contributed by atoms with Crippen LogP contribution >= 0.6 is 0 Å². The number of halogens is 1. The van der Waals surface area contributed by atoms with Crippen LogP contribution in [-0.2, 0) is 22.4 Å². The first-order chi connectivity index (χ1) is 15.0. The molecule has 170 valence electrons. The van der Waals surface area contributed by atoms with Gasteiger partial charge in [-0.3, -0.25) is 4.79 Å². The number of hydrogen-bond acceptors (Lipinski definition) is 5. The molecule has 0 saturated heterocycles. The number of likely N-dealkylation sites (N-methyl/N-ethyl adjacent to an activating group) is 2. The summed E-state index contributed by atoms with van der Waals surface area (Å²) in [5.41, 5.74) is 1.83. The SMILES string of the molecule is CCCC(COc1cc(CCNC)c(CC(=O)NC)cc1Oc1cccc(F)c1)OC. The molecule has 1 atom stereocenters. The summed E-state index contributed by atoms with van der Waals surface area (Å²) in [6.45, 7) is 3.21. The van der Waals surface area contributed by atoms with Crippen molar-refractivity contribution < 1.29 is 23.4 Å². The number of carbonyl (C=O) groups is 1. The summed E-state index contributed by atoms with van der Waals surface area (Å²) in [6.07, 6.45) is 2.75. The first kappa shape index (κ1) is 24.6. The summed E-state index contributed by atoms with van der Waals surface area (Å²) in [6, 6.07) is 9.64. The highest BCUT2D eigenvalue weighted by Gasteiger charge is 2.17. The third-order valence-electron chi connectivity index (χ3n) is 4.93. The minimum atomic E-state index is -0.390. The van der Waals surface area contributed by atoms with Gasteiger partial charge in [-0.05, 0) is 61.8 Å². The van der Waals surface area contributed by atoms with Crippen LogP contribution < -0.4 is 20.1 Å². The van der Waals surface area contributed by atoms with Gasteiger partial charge in [0.05, 0.1) is 12.5 Å². The van der Waals surface area contributed by atoms with Crippen LogP contribution in [-0.4, -0.2) is 46.4 Å². The summed E-state index contributed by atoms with van der Waals surface area (Å²) in [5, 5.41) is 5.79. The maximum absolute atomic E-state index is 13.7. The van der Waals surface area contributed by atoms with E-state index in [-0.39, 0.29) is 18.4 Å². The molecule has 0 aliphatic rings. The van der Waals surface area contributed by atoms with Crippen molar-refractivity contribution in [3.8, 4) is 17.2 Å². The van der Waals surface area contributed by atoms with Crippen molar-refractivity contribution in [2.24, 2.45) is 0 Å². The monoisotopic (exact) mass is 432 g/mol. The molecule has 7 heteroatoms. The Bertz CT molecular complexity index is 844. The Kier molecular flexibility index (Phi) is 10.3. The van der Waals surface area contributed by atoms with Gasteiger partial charge in [0.15, 0.2) is 11.5 Å². The van der Waals surface area contributed by atoms with Gasteiger partial charge in [-0.25, -0.2) is 4.39 Å². The highest BCUT2D eigenvalue weighted by molar-refractivity contribution is 5.79. The molecular formula is C24H33FN2O4. The minimum absolute atomic E-state index is 0.0432. The van der Waals surface area contributed by atoms with E-state index < -0.39 is 5.82 Å². The Morgan fingerprint density at radius 3 is 2.55 bits per heavy atom. The maximum atomic E-state index is 13.7. The molecule has 0 spiro atoms. The van der Waals surface area contributed by atoms with Gasteiger partial charge in [-0.2, -0.15) is 0 Å². The van der Waals surface area contributed by atoms with Crippen LogP contribution in [0.3, 0.4) is 0 Å². The van der Waals surface area contributed by atoms with Crippen LogP contribution in [0.4, 0.5) is 4.39 Å². The highest BCUT2D eigenvalue weighted by Crippen LogP contribution is 2.35. The lowest BCUT2D eigenvalue weighted by Crippen LogP contribution is -2.22. The quantitative estimate of drug-likeness (QED) is 0.503. The van der Waals surface area contributed by atoms with Gasteiger partial charge in [-0.1, -0.05) is 19.4 Å². The zero-order valence-corrected chi connectivity index (χ0v) is 18.8. The predicted octanol–water partition coefficient (Wildman–Crippen LogP) is 3.86. The first-order valence-electron chi connectivity index (χ1n) is 10.6. The molecular weight excluding hydrogens is 399 g/mol. The van der Waals surface area contributed by atoms with E-state index in [0.29, 0.717) is 23.9 Å². The lowest BCUT2D eigenvalue weighted by atomic mass is 10.00. The molecule has 0 aromatic heterocycles. The summed E-state index contributed by atoms with van der Waals surface area (Å²) in [4.78, 5) is 12.1. The Morgan fingerprint density at radius 2 is 1.90 bits per heavy atom. The van der Waals surface area contributed by atoms with E-state index in [1.807, 2.05) is 19.2 Å². The normalized spacial score (nSPS) is 11.8. The van der Waals surface area contributed by atoms with E-state index in [1.54, 1.807) is 26.3 Å². The van der Waals surface area contributed by atoms with Crippen molar-refractivity contribution in [1.29, 1.82) is 0 Å². The van der Waals surface area contributed by atoms with Crippen LogP contribution in [0.2, 0.25) is 0 Å². The smallest absolute Gasteiger partial charge is 0.224 e. The molecule has 2 rings (SSSR count). The van der Waals surface area contributed by atoms with Crippen LogP contribution in [0.25, 0.3) is 0 Å². The number of hydrogen-bond donors (Lipinski definition) is 2. The highest BCUT2D eigenvalue weighted by atomic mass is 19.1. The van der Waals surface area contributed by atoms with Gasteiger partial charge in [0.1, 0.15) is 18.2 Å². The van der Waals surface area contributed by atoms with E-state index in [0.717, 1.165) is 36.9 Å². The number of benzene rings is 2. The van der Waals surface area contributed by atoms with Crippen molar-refractivity contribution >= 4 is 5.91 Å². The maximum Gasteiger partial charge on any atom is 0.224 e. The average Bonchev–Trinajstić information content (AvgIpc) is 2.76. The van der Waals surface area contributed by atoms with Gasteiger partial charge < -0.3 is 24.8 Å².